The summed E-state index contributed by atoms with van der Waals surface area (Å²) in [4.78, 5) is 15.7. The Kier molecular flexibility index (Phi) is 3.62. The van der Waals surface area contributed by atoms with E-state index in [0.717, 1.165) is 15.0 Å². The number of fused-ring (bicyclic) bond motifs is 1. The highest BCUT2D eigenvalue weighted by molar-refractivity contribution is 9.10. The van der Waals surface area contributed by atoms with Gasteiger partial charge in [-0.2, -0.15) is 0 Å². The van der Waals surface area contributed by atoms with Crippen molar-refractivity contribution in [3.05, 3.63) is 27.7 Å². The highest BCUT2D eigenvalue weighted by atomic mass is 79.9. The molecule has 1 aliphatic heterocycles. The minimum atomic E-state index is -0.441. The predicted octanol–water partition coefficient (Wildman–Crippen LogP) is 3.13. The average molecular weight is 356 g/mol. The van der Waals surface area contributed by atoms with Crippen molar-refractivity contribution in [2.24, 2.45) is 0 Å². The van der Waals surface area contributed by atoms with Gasteiger partial charge < -0.3 is 14.2 Å². The molecule has 1 aliphatic rings. The van der Waals surface area contributed by atoms with E-state index < -0.39 is 5.97 Å². The summed E-state index contributed by atoms with van der Waals surface area (Å²) in [6, 6.07) is 3.76. The number of aromatic nitrogens is 1. The molecule has 0 saturated heterocycles. The van der Waals surface area contributed by atoms with Crippen molar-refractivity contribution in [1.82, 2.24) is 4.98 Å². The number of carbonyl (C=O) groups is 1. The van der Waals surface area contributed by atoms with Crippen LogP contribution in [-0.2, 0) is 4.74 Å². The van der Waals surface area contributed by atoms with Gasteiger partial charge in [0, 0.05) is 10.9 Å². The molecule has 2 heterocycles. The molecule has 1 aromatic heterocycles. The van der Waals surface area contributed by atoms with Gasteiger partial charge in [0.15, 0.2) is 17.2 Å². The molecule has 104 valence electrons. The van der Waals surface area contributed by atoms with Gasteiger partial charge in [-0.1, -0.05) is 0 Å². The number of methoxy groups -OCH3 is 1. The van der Waals surface area contributed by atoms with Gasteiger partial charge in [-0.05, 0) is 28.1 Å². The highest BCUT2D eigenvalue weighted by Gasteiger charge is 2.19. The third-order valence-corrected chi connectivity index (χ3v) is 4.22. The molecule has 1 aromatic carbocycles. The highest BCUT2D eigenvalue weighted by Crippen LogP contribution is 2.41. The van der Waals surface area contributed by atoms with Crippen molar-refractivity contribution in [3.63, 3.8) is 0 Å². The number of thiazole rings is 1. The maximum atomic E-state index is 11.4. The number of carbonyl (C=O) groups excluding carboxylic acids is 1. The van der Waals surface area contributed by atoms with Crippen molar-refractivity contribution in [2.45, 2.75) is 0 Å². The molecule has 0 bridgehead atoms. The zero-order valence-corrected chi connectivity index (χ0v) is 12.9. The minimum Gasteiger partial charge on any atom is -0.486 e. The second-order valence-corrected chi connectivity index (χ2v) is 5.72. The molecule has 0 amide bonds. The number of nitrogens with zero attached hydrogens (tertiary/aromatic N) is 1. The molecule has 0 unspecified atom stereocenters. The van der Waals surface area contributed by atoms with Crippen LogP contribution in [0.2, 0.25) is 0 Å². The molecule has 0 saturated carbocycles. The molecule has 0 atom stereocenters. The molecular formula is C13H10BrNO4S. The molecule has 0 radical (unpaired) electrons. The summed E-state index contributed by atoms with van der Waals surface area (Å²) in [6.45, 7) is 1.06. The SMILES string of the molecule is COC(=O)c1csc(-c2cc(Br)c3c(c2)OCCO3)n1. The molecule has 3 rings (SSSR count). The Labute approximate surface area is 127 Å². The lowest BCUT2D eigenvalue weighted by atomic mass is 10.2. The van der Waals surface area contributed by atoms with Gasteiger partial charge in [-0.15, -0.1) is 11.3 Å². The number of benzene rings is 1. The summed E-state index contributed by atoms with van der Waals surface area (Å²) in [5, 5.41) is 2.40. The lowest BCUT2D eigenvalue weighted by Gasteiger charge is -2.20. The van der Waals surface area contributed by atoms with E-state index in [9.17, 15) is 4.79 Å². The molecule has 0 N–H and O–H groups in total. The smallest absolute Gasteiger partial charge is 0.357 e. The Balaban J connectivity index is 2.00. The lowest BCUT2D eigenvalue weighted by molar-refractivity contribution is 0.0595. The van der Waals surface area contributed by atoms with Crippen LogP contribution >= 0.6 is 27.3 Å². The Morgan fingerprint density at radius 1 is 1.40 bits per heavy atom. The van der Waals surface area contributed by atoms with Crippen LogP contribution < -0.4 is 9.47 Å². The molecule has 0 fully saturated rings. The van der Waals surface area contributed by atoms with Crippen LogP contribution in [0.5, 0.6) is 11.5 Å². The third-order valence-electron chi connectivity index (χ3n) is 2.74. The van der Waals surface area contributed by atoms with Crippen molar-refractivity contribution >= 4 is 33.2 Å². The van der Waals surface area contributed by atoms with Gasteiger partial charge in [0.2, 0.25) is 0 Å². The molecule has 7 heteroatoms. The van der Waals surface area contributed by atoms with Gasteiger partial charge in [0.05, 0.1) is 11.6 Å². The number of ether oxygens (including phenoxy) is 3. The standard InChI is InChI=1S/C13H10BrNO4S/c1-17-13(16)9-6-20-12(15-9)7-4-8(14)11-10(5-7)18-2-3-19-11/h4-6H,2-3H2,1H3. The van der Waals surface area contributed by atoms with Gasteiger partial charge in [0.1, 0.15) is 18.2 Å². The van der Waals surface area contributed by atoms with E-state index in [4.69, 9.17) is 9.47 Å². The van der Waals surface area contributed by atoms with E-state index in [-0.39, 0.29) is 0 Å². The minimum absolute atomic E-state index is 0.304. The van der Waals surface area contributed by atoms with Crippen LogP contribution in [0.3, 0.4) is 0 Å². The van der Waals surface area contributed by atoms with Crippen LogP contribution in [0.15, 0.2) is 22.0 Å². The van der Waals surface area contributed by atoms with Crippen LogP contribution in [0.25, 0.3) is 10.6 Å². The normalized spacial score (nSPS) is 13.1. The maximum Gasteiger partial charge on any atom is 0.357 e. The first kappa shape index (κ1) is 13.4. The number of rotatable bonds is 2. The zero-order valence-electron chi connectivity index (χ0n) is 10.5. The van der Waals surface area contributed by atoms with Gasteiger partial charge >= 0.3 is 5.97 Å². The lowest BCUT2D eigenvalue weighted by Crippen LogP contribution is -2.15. The van der Waals surface area contributed by atoms with Crippen LogP contribution in [0.1, 0.15) is 10.5 Å². The Morgan fingerprint density at radius 2 is 2.20 bits per heavy atom. The van der Waals surface area contributed by atoms with Gasteiger partial charge in [0.25, 0.3) is 0 Å². The van der Waals surface area contributed by atoms with Crippen LogP contribution in [-0.4, -0.2) is 31.3 Å². The van der Waals surface area contributed by atoms with Crippen LogP contribution in [0.4, 0.5) is 0 Å². The summed E-state index contributed by atoms with van der Waals surface area (Å²) in [6.07, 6.45) is 0. The second-order valence-electron chi connectivity index (χ2n) is 4.01. The number of hydrogen-bond acceptors (Lipinski definition) is 6. The van der Waals surface area contributed by atoms with Crippen molar-refractivity contribution < 1.29 is 19.0 Å². The summed E-state index contributed by atoms with van der Waals surface area (Å²) in [7, 11) is 1.34. The summed E-state index contributed by atoms with van der Waals surface area (Å²) in [5.74, 6) is 0.935. The van der Waals surface area contributed by atoms with E-state index in [1.54, 1.807) is 5.38 Å². The topological polar surface area (TPSA) is 57.7 Å². The number of halogens is 1. The van der Waals surface area contributed by atoms with Gasteiger partial charge in [-0.3, -0.25) is 0 Å². The van der Waals surface area contributed by atoms with E-state index in [0.29, 0.717) is 30.4 Å². The fourth-order valence-corrected chi connectivity index (χ4v) is 3.17. The number of hydrogen-bond donors (Lipinski definition) is 0. The first-order valence-corrected chi connectivity index (χ1v) is 7.49. The predicted molar refractivity (Wildman–Crippen MR) is 77.6 cm³/mol. The number of esters is 1. The van der Waals surface area contributed by atoms with Crippen molar-refractivity contribution in [2.75, 3.05) is 20.3 Å². The van der Waals surface area contributed by atoms with Gasteiger partial charge in [-0.25, -0.2) is 9.78 Å². The van der Waals surface area contributed by atoms with E-state index >= 15 is 0 Å². The first-order chi connectivity index (χ1) is 9.69. The Morgan fingerprint density at radius 3 is 3.00 bits per heavy atom. The summed E-state index contributed by atoms with van der Waals surface area (Å²) < 4.78 is 16.6. The van der Waals surface area contributed by atoms with Crippen LogP contribution in [0, 0.1) is 0 Å². The van der Waals surface area contributed by atoms with Crippen molar-refractivity contribution in [1.29, 1.82) is 0 Å². The monoisotopic (exact) mass is 355 g/mol. The molecule has 0 aliphatic carbocycles. The second kappa shape index (κ2) is 5.41. The Bertz CT molecular complexity index is 670. The molecule has 5 nitrogen and oxygen atoms in total. The quantitative estimate of drug-likeness (QED) is 0.774. The third kappa shape index (κ3) is 2.38. The van der Waals surface area contributed by atoms with E-state index in [1.807, 2.05) is 12.1 Å². The van der Waals surface area contributed by atoms with E-state index in [2.05, 4.69) is 25.7 Å². The molecule has 2 aromatic rings. The average Bonchev–Trinajstić information content (AvgIpc) is 2.96. The summed E-state index contributed by atoms with van der Waals surface area (Å²) in [5.41, 5.74) is 1.17. The molecule has 20 heavy (non-hydrogen) atoms. The summed E-state index contributed by atoms with van der Waals surface area (Å²) >= 11 is 4.84. The molecule has 0 spiro atoms. The fourth-order valence-electron chi connectivity index (χ4n) is 1.84. The Hall–Kier alpha value is -1.60. The maximum absolute atomic E-state index is 11.4. The zero-order chi connectivity index (χ0) is 14.1. The first-order valence-electron chi connectivity index (χ1n) is 5.82. The van der Waals surface area contributed by atoms with E-state index in [1.165, 1.54) is 18.4 Å². The molecular weight excluding hydrogens is 346 g/mol. The largest absolute Gasteiger partial charge is 0.486 e. The fraction of sp³-hybridized carbons (Fsp3) is 0.231. The van der Waals surface area contributed by atoms with Crippen molar-refractivity contribution in [3.8, 4) is 22.1 Å².